The molecule has 0 atom stereocenters. The molecule has 0 aliphatic carbocycles. The molecule has 0 saturated carbocycles. The predicted molar refractivity (Wildman–Crippen MR) is 53.4 cm³/mol. The van der Waals surface area contributed by atoms with E-state index in [0.717, 1.165) is 0 Å². The minimum atomic E-state index is -5.53. The minimum absolute atomic E-state index is 0.0898. The summed E-state index contributed by atoms with van der Waals surface area (Å²) in [6, 6.07) is -0.0898. The van der Waals surface area contributed by atoms with Gasteiger partial charge in [-0.3, -0.25) is 20.2 Å². The fourth-order valence-electron chi connectivity index (χ4n) is 1.41. The normalized spacial score (nSPS) is 11.2. The van der Waals surface area contributed by atoms with Gasteiger partial charge in [-0.1, -0.05) is 0 Å². The molecule has 0 aliphatic rings. The van der Waals surface area contributed by atoms with Crippen LogP contribution in [0.1, 0.15) is 15.9 Å². The number of aromatic carboxylic acids is 1. The van der Waals surface area contributed by atoms with Crippen molar-refractivity contribution >= 4 is 17.3 Å². The zero-order chi connectivity index (χ0) is 15.8. The molecule has 1 aromatic carbocycles. The number of aromatic hydroxyl groups is 1. The standard InChI is InChI=1S/C8H3F3N2O7/c9-8(10,11)4-3(12(17)18)1-2(7(15)16)6(14)5(4)13(19)20/h1,14H,(H,15,16). The second kappa shape index (κ2) is 4.64. The lowest BCUT2D eigenvalue weighted by Crippen LogP contribution is -2.14. The van der Waals surface area contributed by atoms with Gasteiger partial charge in [0.25, 0.3) is 5.69 Å². The van der Waals surface area contributed by atoms with Crippen molar-refractivity contribution in [2.45, 2.75) is 6.18 Å². The summed E-state index contributed by atoms with van der Waals surface area (Å²) in [6.07, 6.45) is -5.53. The number of hydrogen-bond donors (Lipinski definition) is 2. The molecule has 0 heterocycles. The van der Waals surface area contributed by atoms with E-state index in [2.05, 4.69) is 0 Å². The highest BCUT2D eigenvalue weighted by Gasteiger charge is 2.49. The fraction of sp³-hybridized carbons (Fsp3) is 0.125. The smallest absolute Gasteiger partial charge is 0.429 e. The van der Waals surface area contributed by atoms with Crippen LogP contribution in [0.5, 0.6) is 5.75 Å². The van der Waals surface area contributed by atoms with E-state index in [1.165, 1.54) is 0 Å². The molecule has 1 rings (SSSR count). The van der Waals surface area contributed by atoms with E-state index >= 15 is 0 Å². The number of rotatable bonds is 3. The molecule has 9 nitrogen and oxygen atoms in total. The number of halogens is 3. The first-order chi connectivity index (χ1) is 8.98. The molecule has 20 heavy (non-hydrogen) atoms. The number of nitro groups is 2. The Hall–Kier alpha value is -2.92. The van der Waals surface area contributed by atoms with E-state index < -0.39 is 50.2 Å². The first-order valence-electron chi connectivity index (χ1n) is 4.47. The van der Waals surface area contributed by atoms with E-state index in [4.69, 9.17) is 5.11 Å². The number of carboxylic acids is 1. The highest BCUT2D eigenvalue weighted by atomic mass is 19.4. The third-order valence-corrected chi connectivity index (χ3v) is 2.15. The Kier molecular flexibility index (Phi) is 3.51. The Morgan fingerprint density at radius 1 is 1.20 bits per heavy atom. The summed E-state index contributed by atoms with van der Waals surface area (Å²) in [6.45, 7) is 0. The van der Waals surface area contributed by atoms with Crippen molar-refractivity contribution in [1.82, 2.24) is 0 Å². The number of benzene rings is 1. The fourth-order valence-corrected chi connectivity index (χ4v) is 1.41. The number of nitrogens with zero attached hydrogens (tertiary/aromatic N) is 2. The summed E-state index contributed by atoms with van der Waals surface area (Å²) in [7, 11) is 0. The predicted octanol–water partition coefficient (Wildman–Crippen LogP) is 1.93. The van der Waals surface area contributed by atoms with Gasteiger partial charge in [0.15, 0.2) is 0 Å². The lowest BCUT2D eigenvalue weighted by molar-refractivity contribution is -0.400. The number of carboxylic acid groups (broad SMARTS) is 1. The molecule has 0 aliphatic heterocycles. The third kappa shape index (κ3) is 2.43. The summed E-state index contributed by atoms with van der Waals surface area (Å²) in [5.74, 6) is -3.86. The summed E-state index contributed by atoms with van der Waals surface area (Å²) in [4.78, 5) is 28.4. The van der Waals surface area contributed by atoms with Crippen LogP contribution < -0.4 is 0 Å². The third-order valence-electron chi connectivity index (χ3n) is 2.15. The van der Waals surface area contributed by atoms with Crippen molar-refractivity contribution in [2.24, 2.45) is 0 Å². The van der Waals surface area contributed by atoms with Gasteiger partial charge in [-0.25, -0.2) is 4.79 Å². The molecular formula is C8H3F3N2O7. The monoisotopic (exact) mass is 296 g/mol. The van der Waals surface area contributed by atoms with Crippen LogP contribution in [-0.4, -0.2) is 26.0 Å². The maximum absolute atomic E-state index is 12.7. The zero-order valence-electron chi connectivity index (χ0n) is 9.04. The van der Waals surface area contributed by atoms with Gasteiger partial charge in [-0.15, -0.1) is 0 Å². The molecule has 0 radical (unpaired) electrons. The number of phenols is 1. The van der Waals surface area contributed by atoms with Crippen molar-refractivity contribution < 1.29 is 38.0 Å². The van der Waals surface area contributed by atoms with E-state index in [0.29, 0.717) is 0 Å². The Morgan fingerprint density at radius 3 is 2.00 bits per heavy atom. The van der Waals surface area contributed by atoms with Gasteiger partial charge in [-0.2, -0.15) is 13.2 Å². The summed E-state index contributed by atoms with van der Waals surface area (Å²) < 4.78 is 38.0. The van der Waals surface area contributed by atoms with Crippen LogP contribution in [0.2, 0.25) is 0 Å². The molecular weight excluding hydrogens is 293 g/mol. The molecule has 0 fully saturated rings. The van der Waals surface area contributed by atoms with E-state index in [1.807, 2.05) is 0 Å². The quantitative estimate of drug-likeness (QED) is 0.640. The molecule has 12 heteroatoms. The van der Waals surface area contributed by atoms with Gasteiger partial charge in [-0.05, 0) is 0 Å². The first-order valence-corrected chi connectivity index (χ1v) is 4.47. The van der Waals surface area contributed by atoms with Gasteiger partial charge < -0.3 is 10.2 Å². The average Bonchev–Trinajstić information content (AvgIpc) is 2.25. The van der Waals surface area contributed by atoms with Crippen LogP contribution in [0.4, 0.5) is 24.5 Å². The molecule has 1 aromatic rings. The Morgan fingerprint density at radius 2 is 1.70 bits per heavy atom. The molecule has 0 saturated heterocycles. The van der Waals surface area contributed by atoms with E-state index in [9.17, 15) is 43.3 Å². The second-order valence-corrected chi connectivity index (χ2v) is 3.33. The highest BCUT2D eigenvalue weighted by Crippen LogP contribution is 2.47. The maximum Gasteiger partial charge on any atom is 0.429 e. The van der Waals surface area contributed by atoms with Crippen LogP contribution in [0, 0.1) is 20.2 Å². The first kappa shape index (κ1) is 15.1. The van der Waals surface area contributed by atoms with Gasteiger partial charge in [0, 0.05) is 6.07 Å². The van der Waals surface area contributed by atoms with Crippen molar-refractivity contribution in [3.05, 3.63) is 37.4 Å². The van der Waals surface area contributed by atoms with Crippen molar-refractivity contribution in [1.29, 1.82) is 0 Å². The average molecular weight is 296 g/mol. The van der Waals surface area contributed by atoms with Crippen LogP contribution >= 0.6 is 0 Å². The highest BCUT2D eigenvalue weighted by molar-refractivity contribution is 5.94. The van der Waals surface area contributed by atoms with Gasteiger partial charge in [0.05, 0.1) is 9.85 Å². The SMILES string of the molecule is O=C(O)c1cc([N+](=O)[O-])c(C(F)(F)F)c([N+](=O)[O-])c1O. The van der Waals surface area contributed by atoms with Crippen molar-refractivity contribution in [2.75, 3.05) is 0 Å². The van der Waals surface area contributed by atoms with Crippen LogP contribution in [0.15, 0.2) is 6.07 Å². The molecule has 0 amide bonds. The molecule has 0 spiro atoms. The minimum Gasteiger partial charge on any atom is -0.501 e. The summed E-state index contributed by atoms with van der Waals surface area (Å²) >= 11 is 0. The van der Waals surface area contributed by atoms with Gasteiger partial charge in [0.1, 0.15) is 5.56 Å². The zero-order valence-corrected chi connectivity index (χ0v) is 9.04. The second-order valence-electron chi connectivity index (χ2n) is 3.33. The number of alkyl halides is 3. The molecule has 0 unspecified atom stereocenters. The summed E-state index contributed by atoms with van der Waals surface area (Å²) in [5.41, 5.74) is -7.62. The number of hydrogen-bond acceptors (Lipinski definition) is 6. The molecule has 0 bridgehead atoms. The number of carbonyl (C=O) groups is 1. The van der Waals surface area contributed by atoms with Crippen molar-refractivity contribution in [3.63, 3.8) is 0 Å². The van der Waals surface area contributed by atoms with Crippen LogP contribution in [0.3, 0.4) is 0 Å². The van der Waals surface area contributed by atoms with E-state index in [1.54, 1.807) is 0 Å². The van der Waals surface area contributed by atoms with Crippen LogP contribution in [-0.2, 0) is 6.18 Å². The van der Waals surface area contributed by atoms with Gasteiger partial charge in [0.2, 0.25) is 11.3 Å². The number of nitro benzene ring substituents is 2. The Bertz CT molecular complexity index is 625. The molecule has 2 N–H and O–H groups in total. The van der Waals surface area contributed by atoms with Crippen molar-refractivity contribution in [3.8, 4) is 5.75 Å². The van der Waals surface area contributed by atoms with E-state index in [-0.39, 0.29) is 6.07 Å². The topological polar surface area (TPSA) is 144 Å². The Balaban J connectivity index is 3.99. The van der Waals surface area contributed by atoms with Gasteiger partial charge >= 0.3 is 17.8 Å². The lowest BCUT2D eigenvalue weighted by Gasteiger charge is -2.10. The largest absolute Gasteiger partial charge is 0.501 e. The Labute approximate surface area is 106 Å². The summed E-state index contributed by atoms with van der Waals surface area (Å²) in [5, 5.41) is 38.9. The lowest BCUT2D eigenvalue weighted by atomic mass is 10.0. The molecule has 0 aromatic heterocycles. The molecule has 108 valence electrons. The van der Waals surface area contributed by atoms with Crippen LogP contribution in [0.25, 0.3) is 0 Å². The maximum atomic E-state index is 12.7.